The number of carbonyl (C=O) groups is 4. The van der Waals surface area contributed by atoms with Crippen molar-refractivity contribution < 1.29 is 79.2 Å². The molecule has 4 atom stereocenters. The second kappa shape index (κ2) is 27.5. The average Bonchev–Trinajstić information content (AvgIpc) is 3.18. The third-order valence-corrected chi connectivity index (χ3v) is 10.0. The normalized spacial score (nSPS) is 27.5. The Balaban J connectivity index is 0.000000347. The standard InChI is InChI=1S/2C17H32N4O4.Gd/c22-16(23)14-20-8-2-6-18-4-1-5-19(11-12-20)7-3-9-21(13-10-18)15-17(24)25;22-16-25-15-21-9-3-7-18-4-1-5-19(11-13-21)6-2-8-20(12-10-18)14-17(23)24;/h1-15H2,(H,22,23)(H,24,25);16H,1-15H2,(H,23,24);. The van der Waals surface area contributed by atoms with Gasteiger partial charge in [0.15, 0.2) is 0 Å². The monoisotopic (exact) mass is 870 g/mol. The minimum Gasteiger partial charge on any atom is -0.480 e. The van der Waals surface area contributed by atoms with Gasteiger partial charge in [0.25, 0.3) is 6.47 Å². The van der Waals surface area contributed by atoms with Gasteiger partial charge in [-0.2, -0.15) is 0 Å². The first-order chi connectivity index (χ1) is 24.2. The van der Waals surface area contributed by atoms with Crippen LogP contribution in [0.25, 0.3) is 0 Å². The van der Waals surface area contributed by atoms with E-state index in [1.807, 2.05) is 9.80 Å². The van der Waals surface area contributed by atoms with Crippen molar-refractivity contribution in [3.63, 3.8) is 0 Å². The Morgan fingerprint density at radius 3 is 0.941 bits per heavy atom. The largest absolute Gasteiger partial charge is 0.480 e. The summed E-state index contributed by atoms with van der Waals surface area (Å²) in [6, 6.07) is 0. The van der Waals surface area contributed by atoms with Crippen LogP contribution in [0.5, 0.6) is 0 Å². The van der Waals surface area contributed by atoms with E-state index in [1.165, 1.54) is 0 Å². The van der Waals surface area contributed by atoms with Crippen LogP contribution in [0.3, 0.4) is 0 Å². The van der Waals surface area contributed by atoms with E-state index in [0.717, 1.165) is 169 Å². The van der Waals surface area contributed by atoms with E-state index < -0.39 is 17.9 Å². The Labute approximate surface area is 336 Å². The van der Waals surface area contributed by atoms with Crippen molar-refractivity contribution in [3.8, 4) is 0 Å². The molecule has 0 aliphatic carbocycles. The molecule has 4 aliphatic heterocycles. The molecule has 0 amide bonds. The molecule has 17 heteroatoms. The fourth-order valence-corrected chi connectivity index (χ4v) is 7.34. The third-order valence-electron chi connectivity index (χ3n) is 10.0. The summed E-state index contributed by atoms with van der Waals surface area (Å²) in [4.78, 5) is 61.8. The molecule has 0 aromatic heterocycles. The quantitative estimate of drug-likeness (QED) is 0.246. The summed E-state index contributed by atoms with van der Waals surface area (Å²) in [6.45, 7) is 19.5. The molecule has 4 aliphatic rings. The smallest absolute Gasteiger partial charge is 0.317 e. The van der Waals surface area contributed by atoms with Gasteiger partial charge in [-0.15, -0.1) is 0 Å². The van der Waals surface area contributed by atoms with Gasteiger partial charge in [0.05, 0.1) is 19.6 Å². The number of hydrogen-bond donors (Lipinski definition) is 3. The summed E-state index contributed by atoms with van der Waals surface area (Å²) in [5.41, 5.74) is 0. The molecule has 0 spiro atoms. The first kappa shape index (κ1) is 46.0. The van der Waals surface area contributed by atoms with E-state index >= 15 is 0 Å². The number of carboxylic acid groups (broad SMARTS) is 3. The number of hydrogen-bond acceptors (Lipinski definition) is 13. The summed E-state index contributed by atoms with van der Waals surface area (Å²) in [5.74, 6) is -2.27. The minimum absolute atomic E-state index is 0. The average molecular weight is 870 g/mol. The van der Waals surface area contributed by atoms with E-state index in [0.29, 0.717) is 13.2 Å². The summed E-state index contributed by atoms with van der Waals surface area (Å²) < 4.78 is 4.96. The van der Waals surface area contributed by atoms with Crippen molar-refractivity contribution in [1.29, 1.82) is 0 Å². The zero-order valence-electron chi connectivity index (χ0n) is 30.6. The van der Waals surface area contributed by atoms with Gasteiger partial charge in [0, 0.05) is 118 Å². The second-order valence-electron chi connectivity index (χ2n) is 14.0. The van der Waals surface area contributed by atoms with Crippen molar-refractivity contribution in [1.82, 2.24) is 39.2 Å². The van der Waals surface area contributed by atoms with Crippen LogP contribution in [-0.4, -0.2) is 236 Å². The van der Waals surface area contributed by atoms with E-state index in [9.17, 15) is 19.2 Å². The molecule has 0 radical (unpaired) electrons. The number of rotatable bonds is 9. The molecular formula is C34H64GdN8O8. The number of fused-ring (bicyclic) bond motifs is 8. The van der Waals surface area contributed by atoms with Crippen LogP contribution >= 0.6 is 0 Å². The molecule has 16 nitrogen and oxygen atoms in total. The Kier molecular flexibility index (Phi) is 24.8. The zero-order chi connectivity index (χ0) is 36.0. The first-order valence-corrected chi connectivity index (χ1v) is 18.7. The van der Waals surface area contributed by atoms with Gasteiger partial charge in [0.1, 0.15) is 6.73 Å². The number of carboxylic acids is 3. The van der Waals surface area contributed by atoms with Gasteiger partial charge in [0.2, 0.25) is 0 Å². The van der Waals surface area contributed by atoms with E-state index in [-0.39, 0.29) is 59.6 Å². The Hall–Kier alpha value is -1.12. The predicted molar refractivity (Wildman–Crippen MR) is 189 cm³/mol. The molecule has 4 saturated heterocycles. The van der Waals surface area contributed by atoms with Crippen LogP contribution in [0.15, 0.2) is 0 Å². The van der Waals surface area contributed by atoms with Gasteiger partial charge in [-0.25, -0.2) is 0 Å². The molecule has 4 unspecified atom stereocenters. The molecule has 4 heterocycles. The van der Waals surface area contributed by atoms with Crippen molar-refractivity contribution in [2.24, 2.45) is 0 Å². The predicted octanol–water partition coefficient (Wildman–Crippen LogP) is -0.832. The van der Waals surface area contributed by atoms with Gasteiger partial charge in [-0.05, 0) is 90.9 Å². The first-order valence-electron chi connectivity index (χ1n) is 18.7. The topological polar surface area (TPSA) is 164 Å². The number of ether oxygens (including phenoxy) is 1. The van der Waals surface area contributed by atoms with Crippen LogP contribution in [-0.2, 0) is 23.9 Å². The number of nitrogens with zero attached hydrogens (tertiary/aromatic N) is 8. The van der Waals surface area contributed by atoms with Crippen LogP contribution in [0.2, 0.25) is 0 Å². The molecule has 51 heavy (non-hydrogen) atoms. The molecule has 4 rings (SSSR count). The van der Waals surface area contributed by atoms with Gasteiger partial charge in [-0.1, -0.05) is 0 Å². The van der Waals surface area contributed by atoms with E-state index in [1.54, 1.807) is 0 Å². The summed E-state index contributed by atoms with van der Waals surface area (Å²) in [6.07, 6.45) is 6.17. The van der Waals surface area contributed by atoms with Gasteiger partial charge < -0.3 is 39.7 Å². The SMILES string of the molecule is O=C(O)CN1CCCN2CCCN(CCCN(CC(=O)O)CC2)CC1.O=COCN1CCCN2CCCN(CCCN(CC(=O)O)CC2)CC1.[Gd]. The van der Waals surface area contributed by atoms with Crippen molar-refractivity contribution in [2.45, 2.75) is 38.5 Å². The summed E-state index contributed by atoms with van der Waals surface area (Å²) >= 11 is 0. The molecule has 0 aromatic rings. The van der Waals surface area contributed by atoms with Gasteiger partial charge >= 0.3 is 17.9 Å². The molecule has 0 aromatic carbocycles. The third kappa shape index (κ3) is 21.4. The minimum atomic E-state index is -0.760. The van der Waals surface area contributed by atoms with Crippen molar-refractivity contribution in [3.05, 3.63) is 0 Å². The molecular weight excluding hydrogens is 806 g/mol. The maximum atomic E-state index is 11.1. The van der Waals surface area contributed by atoms with Crippen LogP contribution in [0, 0.1) is 39.9 Å². The maximum Gasteiger partial charge on any atom is 0.317 e. The van der Waals surface area contributed by atoms with Gasteiger partial charge in [-0.3, -0.25) is 38.8 Å². The Bertz CT molecular complexity index is 966. The fraction of sp³-hybridized carbons (Fsp3) is 0.882. The van der Waals surface area contributed by atoms with Crippen LogP contribution < -0.4 is 0 Å². The van der Waals surface area contributed by atoms with Crippen molar-refractivity contribution >= 4 is 24.4 Å². The van der Waals surface area contributed by atoms with E-state index in [2.05, 4.69) is 29.4 Å². The van der Waals surface area contributed by atoms with Crippen LogP contribution in [0.4, 0.5) is 0 Å². The maximum absolute atomic E-state index is 11.1. The number of carbonyl (C=O) groups excluding carboxylic acids is 1. The van der Waals surface area contributed by atoms with Crippen molar-refractivity contribution in [2.75, 3.05) is 157 Å². The fourth-order valence-electron chi connectivity index (χ4n) is 7.34. The second-order valence-corrected chi connectivity index (χ2v) is 14.0. The summed E-state index contributed by atoms with van der Waals surface area (Å²) in [7, 11) is 0. The summed E-state index contributed by atoms with van der Waals surface area (Å²) in [5, 5.41) is 27.3. The molecule has 3 N–H and O–H groups in total. The zero-order valence-corrected chi connectivity index (χ0v) is 32.9. The molecule has 0 saturated carbocycles. The molecule has 4 fully saturated rings. The Morgan fingerprint density at radius 1 is 0.412 bits per heavy atom. The Morgan fingerprint density at radius 2 is 0.667 bits per heavy atom. The molecule has 296 valence electrons. The van der Waals surface area contributed by atoms with E-state index in [4.69, 9.17) is 20.1 Å². The molecule has 4 bridgehead atoms. The number of aliphatic carboxylic acids is 3. The van der Waals surface area contributed by atoms with Crippen LogP contribution in [0.1, 0.15) is 38.5 Å².